The van der Waals surface area contributed by atoms with Gasteiger partial charge < -0.3 is 24.8 Å². The third kappa shape index (κ3) is 10.8. The zero-order valence-electron chi connectivity index (χ0n) is 17.6. The third-order valence-electron chi connectivity index (χ3n) is 3.96. The number of aliphatic imine (C=N–C) groups is 1. The van der Waals surface area contributed by atoms with E-state index in [4.69, 9.17) is 14.2 Å². The molecule has 0 aliphatic heterocycles. The second-order valence-corrected chi connectivity index (χ2v) is 6.80. The summed E-state index contributed by atoms with van der Waals surface area (Å²) in [5, 5.41) is 6.60. The van der Waals surface area contributed by atoms with Crippen molar-refractivity contribution in [1.29, 1.82) is 0 Å². The predicted molar refractivity (Wildman–Crippen MR) is 112 cm³/mol. The van der Waals surface area contributed by atoms with Crippen molar-refractivity contribution in [3.63, 3.8) is 0 Å². The summed E-state index contributed by atoms with van der Waals surface area (Å²) in [5.41, 5.74) is 2.26. The maximum Gasteiger partial charge on any atom is 0.191 e. The molecule has 1 rings (SSSR count). The summed E-state index contributed by atoms with van der Waals surface area (Å²) >= 11 is 0. The molecule has 0 aliphatic carbocycles. The first-order valence-electron chi connectivity index (χ1n) is 9.89. The van der Waals surface area contributed by atoms with E-state index in [-0.39, 0.29) is 0 Å². The molecule has 0 atom stereocenters. The molecule has 0 fully saturated rings. The number of ether oxygens (including phenoxy) is 3. The van der Waals surface area contributed by atoms with E-state index in [0.717, 1.165) is 36.8 Å². The topological polar surface area (TPSA) is 64.1 Å². The van der Waals surface area contributed by atoms with Crippen molar-refractivity contribution in [2.45, 2.75) is 40.7 Å². The largest absolute Gasteiger partial charge is 0.491 e. The molecule has 0 saturated heterocycles. The van der Waals surface area contributed by atoms with E-state index in [1.165, 1.54) is 5.56 Å². The minimum atomic E-state index is 0.547. The molecular weight excluding hydrogens is 342 g/mol. The summed E-state index contributed by atoms with van der Waals surface area (Å²) in [6, 6.07) is 6.23. The van der Waals surface area contributed by atoms with Crippen LogP contribution in [-0.4, -0.2) is 52.6 Å². The fraction of sp³-hybridized carbons (Fsp3) is 0.667. The molecule has 6 heteroatoms. The summed E-state index contributed by atoms with van der Waals surface area (Å²) in [7, 11) is 1.77. The molecule has 0 saturated carbocycles. The Balaban J connectivity index is 2.40. The molecule has 6 nitrogen and oxygen atoms in total. The lowest BCUT2D eigenvalue weighted by atomic mass is 10.1. The number of guanidine groups is 1. The summed E-state index contributed by atoms with van der Waals surface area (Å²) in [5.74, 6) is 2.31. The van der Waals surface area contributed by atoms with Crippen LogP contribution in [0.5, 0.6) is 5.75 Å². The molecule has 154 valence electrons. The van der Waals surface area contributed by atoms with E-state index in [1.807, 2.05) is 6.92 Å². The maximum atomic E-state index is 5.89. The smallest absolute Gasteiger partial charge is 0.191 e. The minimum Gasteiger partial charge on any atom is -0.491 e. The second kappa shape index (κ2) is 14.3. The highest BCUT2D eigenvalue weighted by Crippen LogP contribution is 2.20. The standard InChI is InChI=1S/C21H37N3O3/c1-6-25-13-14-27-20-15-18(4)7-8-19(20)16-24-21(22-5)23-10-12-26-11-9-17(2)3/h7-8,15,17H,6,9-14,16H2,1-5H3,(H2,22,23,24). The molecule has 0 radical (unpaired) electrons. The second-order valence-electron chi connectivity index (χ2n) is 6.80. The molecule has 0 spiro atoms. The van der Waals surface area contributed by atoms with Crippen LogP contribution in [0.3, 0.4) is 0 Å². The van der Waals surface area contributed by atoms with Crippen molar-refractivity contribution in [2.75, 3.05) is 46.6 Å². The van der Waals surface area contributed by atoms with Gasteiger partial charge in [0, 0.05) is 38.9 Å². The lowest BCUT2D eigenvalue weighted by molar-refractivity contribution is 0.110. The van der Waals surface area contributed by atoms with Crippen molar-refractivity contribution in [3.05, 3.63) is 29.3 Å². The molecule has 0 aromatic heterocycles. The van der Waals surface area contributed by atoms with Crippen LogP contribution in [0.25, 0.3) is 0 Å². The van der Waals surface area contributed by atoms with Crippen LogP contribution in [0.4, 0.5) is 0 Å². The fourth-order valence-corrected chi connectivity index (χ4v) is 2.36. The molecule has 27 heavy (non-hydrogen) atoms. The number of hydrogen-bond donors (Lipinski definition) is 2. The van der Waals surface area contributed by atoms with Crippen LogP contribution in [0.1, 0.15) is 38.3 Å². The van der Waals surface area contributed by atoms with Crippen LogP contribution in [0.15, 0.2) is 23.2 Å². The maximum absolute atomic E-state index is 5.89. The normalized spacial score (nSPS) is 11.7. The monoisotopic (exact) mass is 379 g/mol. The molecule has 1 aromatic carbocycles. The Bertz CT molecular complexity index is 547. The molecule has 0 heterocycles. The molecular formula is C21H37N3O3. The first-order valence-corrected chi connectivity index (χ1v) is 9.89. The lowest BCUT2D eigenvalue weighted by Gasteiger charge is -2.15. The van der Waals surface area contributed by atoms with Gasteiger partial charge in [0.05, 0.1) is 13.2 Å². The third-order valence-corrected chi connectivity index (χ3v) is 3.96. The van der Waals surface area contributed by atoms with Crippen LogP contribution in [0, 0.1) is 12.8 Å². The van der Waals surface area contributed by atoms with Crippen molar-refractivity contribution in [2.24, 2.45) is 10.9 Å². The highest BCUT2D eigenvalue weighted by atomic mass is 16.5. The molecule has 0 aliphatic rings. The Kier molecular flexibility index (Phi) is 12.3. The number of aryl methyl sites for hydroxylation is 1. The first kappa shape index (κ1) is 23.2. The SMILES string of the molecule is CCOCCOc1cc(C)ccc1CNC(=NC)NCCOCCC(C)C. The zero-order valence-corrected chi connectivity index (χ0v) is 17.6. The van der Waals surface area contributed by atoms with E-state index in [1.54, 1.807) is 7.05 Å². The Labute approximate surface area is 164 Å². The zero-order chi connectivity index (χ0) is 19.9. The Morgan fingerprint density at radius 3 is 2.59 bits per heavy atom. The highest BCUT2D eigenvalue weighted by molar-refractivity contribution is 5.79. The van der Waals surface area contributed by atoms with Crippen LogP contribution in [-0.2, 0) is 16.0 Å². The highest BCUT2D eigenvalue weighted by Gasteiger charge is 2.06. The van der Waals surface area contributed by atoms with Crippen molar-refractivity contribution >= 4 is 5.96 Å². The van der Waals surface area contributed by atoms with Crippen molar-refractivity contribution in [3.8, 4) is 5.75 Å². The first-order chi connectivity index (χ1) is 13.1. The van der Waals surface area contributed by atoms with Crippen LogP contribution >= 0.6 is 0 Å². The van der Waals surface area contributed by atoms with Gasteiger partial charge in [0.2, 0.25) is 0 Å². The summed E-state index contributed by atoms with van der Waals surface area (Å²) in [6.45, 7) is 13.1. The average molecular weight is 380 g/mol. The lowest BCUT2D eigenvalue weighted by Crippen LogP contribution is -2.38. The van der Waals surface area contributed by atoms with Gasteiger partial charge in [-0.05, 0) is 37.8 Å². The summed E-state index contributed by atoms with van der Waals surface area (Å²) in [6.07, 6.45) is 1.09. The Morgan fingerprint density at radius 1 is 1.07 bits per heavy atom. The number of benzene rings is 1. The number of nitrogens with one attached hydrogen (secondary N) is 2. The molecule has 2 N–H and O–H groups in total. The fourth-order valence-electron chi connectivity index (χ4n) is 2.36. The van der Waals surface area contributed by atoms with E-state index >= 15 is 0 Å². The number of rotatable bonds is 13. The molecule has 0 amide bonds. The summed E-state index contributed by atoms with van der Waals surface area (Å²) < 4.78 is 16.9. The Hall–Kier alpha value is -1.79. The van der Waals surface area contributed by atoms with Gasteiger partial charge in [-0.15, -0.1) is 0 Å². The van der Waals surface area contributed by atoms with Gasteiger partial charge in [-0.1, -0.05) is 26.0 Å². The van der Waals surface area contributed by atoms with E-state index in [0.29, 0.717) is 38.9 Å². The van der Waals surface area contributed by atoms with Gasteiger partial charge in [-0.25, -0.2) is 0 Å². The van der Waals surface area contributed by atoms with Crippen LogP contribution in [0.2, 0.25) is 0 Å². The van der Waals surface area contributed by atoms with Crippen LogP contribution < -0.4 is 15.4 Å². The van der Waals surface area contributed by atoms with Gasteiger partial charge in [-0.2, -0.15) is 0 Å². The molecule has 0 bridgehead atoms. The predicted octanol–water partition coefficient (Wildman–Crippen LogP) is 3.14. The number of nitrogens with zero attached hydrogens (tertiary/aromatic N) is 1. The van der Waals surface area contributed by atoms with E-state index in [2.05, 4.69) is 54.6 Å². The Morgan fingerprint density at radius 2 is 1.89 bits per heavy atom. The minimum absolute atomic E-state index is 0.547. The van der Waals surface area contributed by atoms with Gasteiger partial charge in [-0.3, -0.25) is 4.99 Å². The summed E-state index contributed by atoms with van der Waals surface area (Å²) in [4.78, 5) is 4.26. The van der Waals surface area contributed by atoms with E-state index < -0.39 is 0 Å². The van der Waals surface area contributed by atoms with Gasteiger partial charge >= 0.3 is 0 Å². The number of hydrogen-bond acceptors (Lipinski definition) is 4. The van der Waals surface area contributed by atoms with Gasteiger partial charge in [0.15, 0.2) is 5.96 Å². The van der Waals surface area contributed by atoms with E-state index in [9.17, 15) is 0 Å². The average Bonchev–Trinajstić information content (AvgIpc) is 2.65. The quantitative estimate of drug-likeness (QED) is 0.313. The molecule has 1 aromatic rings. The van der Waals surface area contributed by atoms with Crippen molar-refractivity contribution < 1.29 is 14.2 Å². The van der Waals surface area contributed by atoms with Gasteiger partial charge in [0.1, 0.15) is 12.4 Å². The molecule has 0 unspecified atom stereocenters. The van der Waals surface area contributed by atoms with Crippen molar-refractivity contribution in [1.82, 2.24) is 10.6 Å². The van der Waals surface area contributed by atoms with Gasteiger partial charge in [0.25, 0.3) is 0 Å².